The minimum absolute atomic E-state index is 0.166. The van der Waals surface area contributed by atoms with Crippen LogP contribution in [0.15, 0.2) is 6.08 Å². The Labute approximate surface area is 122 Å². The number of halogens is 1. The first kappa shape index (κ1) is 16.2. The number of ether oxygens (including phenoxy) is 1. The summed E-state index contributed by atoms with van der Waals surface area (Å²) in [6.07, 6.45) is 3.20. The van der Waals surface area contributed by atoms with Gasteiger partial charge in [0.25, 0.3) is 0 Å². The monoisotopic (exact) mass is 299 g/mol. The number of carbonyl (C=O) groups excluding carboxylic acids is 2. The van der Waals surface area contributed by atoms with E-state index in [0.29, 0.717) is 17.3 Å². The summed E-state index contributed by atoms with van der Waals surface area (Å²) in [4.78, 5) is 24.3. The van der Waals surface area contributed by atoms with E-state index in [1.54, 1.807) is 24.9 Å². The topological polar surface area (TPSA) is 64.4 Å². The number of aryl methyl sites for hydroxylation is 2. The second-order valence-corrected chi connectivity index (χ2v) is 4.69. The maximum absolute atomic E-state index is 11.9. The van der Waals surface area contributed by atoms with Crippen molar-refractivity contribution in [3.05, 3.63) is 22.5 Å². The van der Waals surface area contributed by atoms with Crippen molar-refractivity contribution in [2.75, 3.05) is 20.7 Å². The number of amides is 1. The molecule has 1 amide bonds. The molecule has 0 spiro atoms. The van der Waals surface area contributed by atoms with Gasteiger partial charge in [0.1, 0.15) is 5.15 Å². The summed E-state index contributed by atoms with van der Waals surface area (Å²) in [6, 6.07) is 0. The summed E-state index contributed by atoms with van der Waals surface area (Å²) in [6.45, 7) is 2.12. The van der Waals surface area contributed by atoms with E-state index in [1.165, 1.54) is 18.1 Å². The smallest absolute Gasteiger partial charge is 0.307 e. The molecule has 20 heavy (non-hydrogen) atoms. The molecule has 0 bridgehead atoms. The van der Waals surface area contributed by atoms with Gasteiger partial charge in [-0.05, 0) is 13.0 Å². The van der Waals surface area contributed by atoms with Crippen molar-refractivity contribution in [3.8, 4) is 0 Å². The average Bonchev–Trinajstić information content (AvgIpc) is 2.66. The normalized spacial score (nSPS) is 10.8. The van der Waals surface area contributed by atoms with Crippen molar-refractivity contribution in [3.63, 3.8) is 0 Å². The van der Waals surface area contributed by atoms with E-state index in [-0.39, 0.29) is 18.3 Å². The molecular formula is C13H18ClN3O3. The fourth-order valence-corrected chi connectivity index (χ4v) is 1.83. The Hall–Kier alpha value is -1.82. The lowest BCUT2D eigenvalue weighted by atomic mass is 10.2. The number of likely N-dealkylation sites (N-methyl/N-ethyl adjacent to an activating group) is 1. The quantitative estimate of drug-likeness (QED) is 0.609. The molecule has 0 aliphatic rings. The molecule has 1 heterocycles. The number of esters is 1. The van der Waals surface area contributed by atoms with Crippen LogP contribution in [0, 0.1) is 6.92 Å². The summed E-state index contributed by atoms with van der Waals surface area (Å²) >= 11 is 6.06. The highest BCUT2D eigenvalue weighted by Gasteiger charge is 2.11. The SMILES string of the molecule is COC(=O)CCN(C)C(=O)C=Cc1c(C)nn(C)c1Cl. The molecule has 0 fully saturated rings. The Kier molecular flexibility index (Phi) is 5.76. The van der Waals surface area contributed by atoms with Gasteiger partial charge in [0.15, 0.2) is 0 Å². The summed E-state index contributed by atoms with van der Waals surface area (Å²) in [5, 5.41) is 4.63. The molecule has 7 heteroatoms. The molecule has 0 saturated carbocycles. The van der Waals surface area contributed by atoms with Crippen molar-refractivity contribution in [1.29, 1.82) is 0 Å². The van der Waals surface area contributed by atoms with Crippen LogP contribution < -0.4 is 0 Å². The highest BCUT2D eigenvalue weighted by Crippen LogP contribution is 2.19. The van der Waals surface area contributed by atoms with Gasteiger partial charge in [-0.25, -0.2) is 0 Å². The van der Waals surface area contributed by atoms with Gasteiger partial charge >= 0.3 is 5.97 Å². The van der Waals surface area contributed by atoms with Crippen LogP contribution in [0.2, 0.25) is 5.15 Å². The average molecular weight is 300 g/mol. The molecule has 0 saturated heterocycles. The first-order chi connectivity index (χ1) is 9.36. The van der Waals surface area contributed by atoms with Gasteiger partial charge in [0, 0.05) is 32.3 Å². The highest BCUT2D eigenvalue weighted by atomic mass is 35.5. The van der Waals surface area contributed by atoms with Crippen LogP contribution in [0.3, 0.4) is 0 Å². The van der Waals surface area contributed by atoms with Crippen molar-refractivity contribution in [1.82, 2.24) is 14.7 Å². The standard InChI is InChI=1S/C13H18ClN3O3/c1-9-10(13(14)17(3)15-9)5-6-11(18)16(2)8-7-12(19)20-4/h5-6H,7-8H2,1-4H3. The number of nitrogens with zero attached hydrogens (tertiary/aromatic N) is 3. The van der Waals surface area contributed by atoms with Crippen LogP contribution in [0.5, 0.6) is 0 Å². The molecule has 0 radical (unpaired) electrons. The minimum atomic E-state index is -0.347. The second kappa shape index (κ2) is 7.09. The molecule has 0 aliphatic carbocycles. The zero-order valence-electron chi connectivity index (χ0n) is 12.0. The van der Waals surface area contributed by atoms with Crippen molar-refractivity contribution in [2.45, 2.75) is 13.3 Å². The number of aromatic nitrogens is 2. The third-order valence-corrected chi connectivity index (χ3v) is 3.29. The summed E-state index contributed by atoms with van der Waals surface area (Å²) < 4.78 is 6.06. The number of carbonyl (C=O) groups is 2. The molecule has 1 rings (SSSR count). The van der Waals surface area contributed by atoms with Gasteiger partial charge in [0.05, 0.1) is 19.2 Å². The van der Waals surface area contributed by atoms with Gasteiger partial charge < -0.3 is 9.64 Å². The maximum atomic E-state index is 11.9. The first-order valence-corrected chi connectivity index (χ1v) is 6.43. The molecule has 110 valence electrons. The minimum Gasteiger partial charge on any atom is -0.469 e. The fourth-order valence-electron chi connectivity index (χ4n) is 1.59. The molecule has 0 unspecified atom stereocenters. The summed E-state index contributed by atoms with van der Waals surface area (Å²) in [5.41, 5.74) is 1.46. The predicted octanol–water partition coefficient (Wildman–Crippen LogP) is 1.42. The van der Waals surface area contributed by atoms with E-state index in [9.17, 15) is 9.59 Å². The second-order valence-electron chi connectivity index (χ2n) is 4.33. The van der Waals surface area contributed by atoms with Gasteiger partial charge in [-0.15, -0.1) is 0 Å². The third-order valence-electron chi connectivity index (χ3n) is 2.84. The van der Waals surface area contributed by atoms with Crippen LogP contribution in [-0.2, 0) is 21.4 Å². The van der Waals surface area contributed by atoms with E-state index in [1.807, 2.05) is 6.92 Å². The third kappa shape index (κ3) is 4.09. The lowest BCUT2D eigenvalue weighted by Gasteiger charge is -2.13. The molecule has 0 aromatic carbocycles. The number of rotatable bonds is 5. The molecule has 1 aromatic rings. The van der Waals surface area contributed by atoms with E-state index in [2.05, 4.69) is 9.84 Å². The predicted molar refractivity (Wildman–Crippen MR) is 76.3 cm³/mol. The molecule has 0 aliphatic heterocycles. The lowest BCUT2D eigenvalue weighted by Crippen LogP contribution is -2.27. The lowest BCUT2D eigenvalue weighted by molar-refractivity contribution is -0.141. The summed E-state index contributed by atoms with van der Waals surface area (Å²) in [7, 11) is 4.67. The van der Waals surface area contributed by atoms with E-state index in [0.717, 1.165) is 5.69 Å². The largest absolute Gasteiger partial charge is 0.469 e. The Morgan fingerprint density at radius 1 is 1.50 bits per heavy atom. The van der Waals surface area contributed by atoms with Crippen molar-refractivity contribution >= 4 is 29.6 Å². The Morgan fingerprint density at radius 3 is 2.65 bits per heavy atom. The van der Waals surface area contributed by atoms with Gasteiger partial charge in [-0.1, -0.05) is 11.6 Å². The van der Waals surface area contributed by atoms with E-state index < -0.39 is 0 Å². The first-order valence-electron chi connectivity index (χ1n) is 6.06. The zero-order chi connectivity index (χ0) is 15.3. The van der Waals surface area contributed by atoms with E-state index in [4.69, 9.17) is 11.6 Å². The van der Waals surface area contributed by atoms with Crippen molar-refractivity contribution in [2.24, 2.45) is 7.05 Å². The zero-order valence-corrected chi connectivity index (χ0v) is 12.8. The van der Waals surface area contributed by atoms with Crippen LogP contribution in [0.4, 0.5) is 0 Å². The summed E-state index contributed by atoms with van der Waals surface area (Å²) in [5.74, 6) is -0.562. The van der Waals surface area contributed by atoms with Gasteiger partial charge in [-0.2, -0.15) is 5.10 Å². The molecule has 6 nitrogen and oxygen atoms in total. The Bertz CT molecular complexity index is 537. The van der Waals surface area contributed by atoms with E-state index >= 15 is 0 Å². The van der Waals surface area contributed by atoms with Crippen LogP contribution >= 0.6 is 11.6 Å². The molecule has 0 N–H and O–H groups in total. The van der Waals surface area contributed by atoms with Gasteiger partial charge in [0.2, 0.25) is 5.91 Å². The van der Waals surface area contributed by atoms with Gasteiger partial charge in [-0.3, -0.25) is 14.3 Å². The van der Waals surface area contributed by atoms with Crippen LogP contribution in [-0.4, -0.2) is 47.3 Å². The fraction of sp³-hybridized carbons (Fsp3) is 0.462. The maximum Gasteiger partial charge on any atom is 0.307 e. The van der Waals surface area contributed by atoms with Crippen LogP contribution in [0.25, 0.3) is 6.08 Å². The highest BCUT2D eigenvalue weighted by molar-refractivity contribution is 6.31. The van der Waals surface area contributed by atoms with Crippen LogP contribution in [0.1, 0.15) is 17.7 Å². The molecule has 1 aromatic heterocycles. The number of hydrogen-bond acceptors (Lipinski definition) is 4. The number of methoxy groups -OCH3 is 1. The Balaban J connectivity index is 2.65. The molecule has 0 atom stereocenters. The number of hydrogen-bond donors (Lipinski definition) is 0. The molecular weight excluding hydrogens is 282 g/mol. The van der Waals surface area contributed by atoms with Crippen molar-refractivity contribution < 1.29 is 14.3 Å². The Morgan fingerprint density at radius 2 is 2.15 bits per heavy atom.